The predicted octanol–water partition coefficient (Wildman–Crippen LogP) is 3.35. The fraction of sp³-hybridized carbons (Fsp3) is 0.250. The second-order valence-electron chi connectivity index (χ2n) is 2.46. The summed E-state index contributed by atoms with van der Waals surface area (Å²) in [5.41, 5.74) is 0.246. The van der Waals surface area contributed by atoms with Crippen molar-refractivity contribution in [1.82, 2.24) is 4.98 Å². The minimum absolute atomic E-state index is 0.151. The van der Waals surface area contributed by atoms with E-state index in [4.69, 9.17) is 23.2 Å². The molecule has 0 aliphatic rings. The summed E-state index contributed by atoms with van der Waals surface area (Å²) in [6.07, 6.45) is 1.40. The van der Waals surface area contributed by atoms with Crippen LogP contribution in [0.15, 0.2) is 12.3 Å². The first-order chi connectivity index (χ1) is 6.02. The highest BCUT2D eigenvalue weighted by Crippen LogP contribution is 2.20. The Labute approximate surface area is 94.4 Å². The van der Waals surface area contributed by atoms with Gasteiger partial charge in [0.1, 0.15) is 5.69 Å². The Morgan fingerprint density at radius 1 is 1.62 bits per heavy atom. The van der Waals surface area contributed by atoms with Gasteiger partial charge in [0.25, 0.3) is 0 Å². The maximum atomic E-state index is 11.4. The molecule has 0 N–H and O–H groups in total. The smallest absolute Gasteiger partial charge is 0.195 e. The molecule has 0 aliphatic heterocycles. The normalized spacial score (nSPS) is 12.6. The van der Waals surface area contributed by atoms with E-state index in [1.807, 2.05) is 0 Å². The Hall–Kier alpha value is -0.120. The number of carbonyl (C=O) groups is 1. The second-order valence-corrected chi connectivity index (χ2v) is 4.68. The molecule has 1 rings (SSSR count). The number of alkyl halides is 1. The molecule has 0 saturated carbocycles. The summed E-state index contributed by atoms with van der Waals surface area (Å²) in [5, 5.41) is 0.701. The average molecular weight is 283 g/mol. The molecule has 0 bridgehead atoms. The van der Waals surface area contributed by atoms with Crippen molar-refractivity contribution in [2.75, 3.05) is 0 Å². The molecule has 0 aliphatic carbocycles. The highest BCUT2D eigenvalue weighted by molar-refractivity contribution is 9.10. The molecule has 0 aromatic carbocycles. The van der Waals surface area contributed by atoms with Crippen molar-refractivity contribution < 1.29 is 4.79 Å². The van der Waals surface area contributed by atoms with Gasteiger partial charge in [-0.15, -0.1) is 0 Å². The molecule has 2 nitrogen and oxygen atoms in total. The van der Waals surface area contributed by atoms with Gasteiger partial charge in [-0.25, -0.2) is 4.98 Å². The summed E-state index contributed by atoms with van der Waals surface area (Å²) in [4.78, 5) is 15.0. The lowest BCUT2D eigenvalue weighted by Gasteiger charge is -2.03. The van der Waals surface area contributed by atoms with E-state index in [0.717, 1.165) is 0 Å². The van der Waals surface area contributed by atoms with Crippen LogP contribution in [0.4, 0.5) is 0 Å². The number of rotatable bonds is 2. The van der Waals surface area contributed by atoms with E-state index in [9.17, 15) is 4.79 Å². The van der Waals surface area contributed by atoms with Crippen LogP contribution < -0.4 is 0 Å². The Bertz CT molecular complexity index is 341. The molecule has 0 radical (unpaired) electrons. The fourth-order valence-electron chi connectivity index (χ4n) is 0.784. The zero-order valence-electron chi connectivity index (χ0n) is 6.72. The molecule has 1 aromatic heterocycles. The van der Waals surface area contributed by atoms with E-state index in [2.05, 4.69) is 20.9 Å². The molecular weight excluding hydrogens is 277 g/mol. The third kappa shape index (κ3) is 2.66. The quantitative estimate of drug-likeness (QED) is 0.615. The topological polar surface area (TPSA) is 30.0 Å². The number of hydrogen-bond donors (Lipinski definition) is 0. The van der Waals surface area contributed by atoms with Gasteiger partial charge >= 0.3 is 0 Å². The van der Waals surface area contributed by atoms with Crippen LogP contribution in [0.25, 0.3) is 0 Å². The van der Waals surface area contributed by atoms with Gasteiger partial charge in [0.05, 0.1) is 14.9 Å². The first kappa shape index (κ1) is 11.0. The van der Waals surface area contributed by atoms with Crippen molar-refractivity contribution >= 4 is 44.9 Å². The van der Waals surface area contributed by atoms with E-state index < -0.39 is 0 Å². The number of halogens is 3. The summed E-state index contributed by atoms with van der Waals surface area (Å²) in [6, 6.07) is 1.50. The van der Waals surface area contributed by atoms with Gasteiger partial charge in [0.15, 0.2) is 5.78 Å². The molecule has 1 unspecified atom stereocenters. The molecular formula is C8H6BrCl2NO. The highest BCUT2D eigenvalue weighted by atomic mass is 79.9. The lowest BCUT2D eigenvalue weighted by molar-refractivity contribution is 0.0991. The lowest BCUT2D eigenvalue weighted by Crippen LogP contribution is -2.12. The number of pyridine rings is 1. The van der Waals surface area contributed by atoms with Crippen LogP contribution >= 0.6 is 39.1 Å². The van der Waals surface area contributed by atoms with Crippen molar-refractivity contribution in [2.24, 2.45) is 0 Å². The Balaban J connectivity index is 3.09. The van der Waals surface area contributed by atoms with E-state index in [0.29, 0.717) is 5.02 Å². The van der Waals surface area contributed by atoms with E-state index in [1.54, 1.807) is 6.92 Å². The molecule has 5 heteroatoms. The predicted molar refractivity (Wildman–Crippen MR) is 57.0 cm³/mol. The van der Waals surface area contributed by atoms with Crippen molar-refractivity contribution in [3.05, 3.63) is 28.0 Å². The molecule has 1 heterocycles. The van der Waals surface area contributed by atoms with Crippen molar-refractivity contribution in [3.8, 4) is 0 Å². The van der Waals surface area contributed by atoms with Gasteiger partial charge in [0, 0.05) is 6.20 Å². The van der Waals surface area contributed by atoms with E-state index in [1.165, 1.54) is 12.3 Å². The van der Waals surface area contributed by atoms with Crippen molar-refractivity contribution in [2.45, 2.75) is 11.8 Å². The van der Waals surface area contributed by atoms with Gasteiger partial charge in [-0.2, -0.15) is 0 Å². The zero-order chi connectivity index (χ0) is 10.0. The molecule has 0 fully saturated rings. The number of aromatic nitrogens is 1. The third-order valence-corrected chi connectivity index (χ3v) is 2.31. The van der Waals surface area contributed by atoms with Gasteiger partial charge in [0.2, 0.25) is 0 Å². The lowest BCUT2D eigenvalue weighted by atomic mass is 10.2. The van der Waals surface area contributed by atoms with Gasteiger partial charge in [-0.1, -0.05) is 39.1 Å². The van der Waals surface area contributed by atoms with Gasteiger partial charge < -0.3 is 0 Å². The number of carbonyl (C=O) groups excluding carboxylic acids is 1. The van der Waals surface area contributed by atoms with Crippen LogP contribution in [-0.4, -0.2) is 15.6 Å². The summed E-state index contributed by atoms with van der Waals surface area (Å²) >= 11 is 14.6. The van der Waals surface area contributed by atoms with Crippen molar-refractivity contribution in [3.63, 3.8) is 0 Å². The maximum absolute atomic E-state index is 11.4. The molecule has 13 heavy (non-hydrogen) atoms. The van der Waals surface area contributed by atoms with Crippen LogP contribution in [-0.2, 0) is 0 Å². The summed E-state index contributed by atoms with van der Waals surface area (Å²) in [7, 11) is 0. The SMILES string of the molecule is CC(Br)C(=O)c1ncc(Cl)cc1Cl. The standard InChI is InChI=1S/C8H6BrCl2NO/c1-4(9)8(13)7-6(11)2-5(10)3-12-7/h2-4H,1H3. The maximum Gasteiger partial charge on any atom is 0.195 e. The first-order valence-corrected chi connectivity index (χ1v) is 5.19. The van der Waals surface area contributed by atoms with Crippen LogP contribution in [0.5, 0.6) is 0 Å². The second kappa shape index (κ2) is 4.40. The van der Waals surface area contributed by atoms with Crippen LogP contribution in [0.2, 0.25) is 10.0 Å². The fourth-order valence-corrected chi connectivity index (χ4v) is 1.47. The third-order valence-electron chi connectivity index (χ3n) is 1.40. The first-order valence-electron chi connectivity index (χ1n) is 3.51. The Kier molecular flexibility index (Phi) is 3.71. The van der Waals surface area contributed by atoms with Gasteiger partial charge in [-0.3, -0.25) is 4.79 Å². The number of ketones is 1. The number of hydrogen-bond acceptors (Lipinski definition) is 2. The Morgan fingerprint density at radius 3 is 2.69 bits per heavy atom. The molecule has 70 valence electrons. The molecule has 1 atom stereocenters. The van der Waals surface area contributed by atoms with E-state index >= 15 is 0 Å². The van der Waals surface area contributed by atoms with Gasteiger partial charge in [-0.05, 0) is 13.0 Å². The number of Topliss-reactive ketones (excluding diaryl/α,β-unsaturated/α-hetero) is 1. The minimum Gasteiger partial charge on any atom is -0.291 e. The molecule has 0 spiro atoms. The molecule has 0 amide bonds. The Morgan fingerprint density at radius 2 is 2.23 bits per heavy atom. The van der Waals surface area contributed by atoms with E-state index in [-0.39, 0.29) is 21.3 Å². The van der Waals surface area contributed by atoms with Crippen LogP contribution in [0, 0.1) is 0 Å². The largest absolute Gasteiger partial charge is 0.291 e. The molecule has 0 saturated heterocycles. The van der Waals surface area contributed by atoms with Crippen molar-refractivity contribution in [1.29, 1.82) is 0 Å². The summed E-state index contributed by atoms with van der Waals surface area (Å²) < 4.78 is 0. The highest BCUT2D eigenvalue weighted by Gasteiger charge is 2.16. The summed E-state index contributed by atoms with van der Waals surface area (Å²) in [5.74, 6) is -0.151. The van der Waals surface area contributed by atoms with Crippen LogP contribution in [0.1, 0.15) is 17.4 Å². The zero-order valence-corrected chi connectivity index (χ0v) is 9.82. The summed E-state index contributed by atoms with van der Waals surface area (Å²) in [6.45, 7) is 1.72. The monoisotopic (exact) mass is 281 g/mol. The average Bonchev–Trinajstić information content (AvgIpc) is 2.03. The van der Waals surface area contributed by atoms with Crippen LogP contribution in [0.3, 0.4) is 0 Å². The number of nitrogens with zero attached hydrogens (tertiary/aromatic N) is 1. The molecule has 1 aromatic rings. The minimum atomic E-state index is -0.293.